The molecule has 0 radical (unpaired) electrons. The Bertz CT molecular complexity index is 630. The van der Waals surface area contributed by atoms with Crippen molar-refractivity contribution in [3.05, 3.63) is 41.3 Å². The molecule has 116 valence electrons. The van der Waals surface area contributed by atoms with Crippen LogP contribution in [-0.4, -0.2) is 30.2 Å². The molecule has 0 unspecified atom stereocenters. The van der Waals surface area contributed by atoms with Crippen molar-refractivity contribution in [3.63, 3.8) is 0 Å². The third kappa shape index (κ3) is 4.01. The van der Waals surface area contributed by atoms with Crippen LogP contribution in [0.5, 0.6) is 11.5 Å². The van der Waals surface area contributed by atoms with Gasteiger partial charge in [-0.3, -0.25) is 0 Å². The molecule has 0 spiro atoms. The van der Waals surface area contributed by atoms with Gasteiger partial charge in [0.2, 0.25) is 0 Å². The van der Waals surface area contributed by atoms with Crippen LogP contribution in [0.15, 0.2) is 30.3 Å². The summed E-state index contributed by atoms with van der Waals surface area (Å²) in [5.41, 5.74) is 0. The van der Waals surface area contributed by atoms with Crippen LogP contribution in [0, 0.1) is 0 Å². The summed E-state index contributed by atoms with van der Waals surface area (Å²) < 4.78 is 10.8. The van der Waals surface area contributed by atoms with E-state index in [4.69, 9.17) is 21.1 Å². The summed E-state index contributed by atoms with van der Waals surface area (Å²) in [5, 5.41) is 3.70. The Labute approximate surface area is 134 Å². The fourth-order valence-corrected chi connectivity index (χ4v) is 2.26. The van der Waals surface area contributed by atoms with Crippen LogP contribution in [-0.2, 0) is 0 Å². The second-order valence-electron chi connectivity index (χ2n) is 5.16. The number of ether oxygens (including phenoxy) is 2. The van der Waals surface area contributed by atoms with Gasteiger partial charge in [-0.1, -0.05) is 11.6 Å². The van der Waals surface area contributed by atoms with Gasteiger partial charge in [-0.25, -0.2) is 9.97 Å². The van der Waals surface area contributed by atoms with Gasteiger partial charge in [-0.15, -0.1) is 0 Å². The Kier molecular flexibility index (Phi) is 4.63. The molecule has 22 heavy (non-hydrogen) atoms. The summed E-state index contributed by atoms with van der Waals surface area (Å²) in [6.45, 7) is 1.18. The lowest BCUT2D eigenvalue weighted by atomic mass is 10.3. The Hall–Kier alpha value is -2.01. The van der Waals surface area contributed by atoms with Crippen molar-refractivity contribution >= 4 is 17.4 Å². The highest BCUT2D eigenvalue weighted by Crippen LogP contribution is 2.38. The summed E-state index contributed by atoms with van der Waals surface area (Å²) in [7, 11) is 1.64. The first-order chi connectivity index (χ1) is 10.7. The molecule has 0 aliphatic heterocycles. The molecule has 1 aromatic carbocycles. The predicted octanol–water partition coefficient (Wildman–Crippen LogP) is 3.51. The molecule has 0 atom stereocenters. The molecule has 0 amide bonds. The zero-order valence-corrected chi connectivity index (χ0v) is 13.1. The molecule has 1 saturated carbocycles. The van der Waals surface area contributed by atoms with Crippen molar-refractivity contribution in [1.29, 1.82) is 0 Å². The fraction of sp³-hybridized carbons (Fsp3) is 0.375. The molecule has 1 aliphatic rings. The van der Waals surface area contributed by atoms with Gasteiger partial charge in [0.05, 0.1) is 13.7 Å². The molecule has 0 saturated heterocycles. The largest absolute Gasteiger partial charge is 0.497 e. The summed E-state index contributed by atoms with van der Waals surface area (Å²) in [6, 6.07) is 9.24. The van der Waals surface area contributed by atoms with E-state index in [2.05, 4.69) is 15.3 Å². The first-order valence-corrected chi connectivity index (χ1v) is 7.67. The van der Waals surface area contributed by atoms with E-state index in [1.807, 2.05) is 24.3 Å². The maximum Gasteiger partial charge on any atom is 0.135 e. The zero-order valence-electron chi connectivity index (χ0n) is 12.4. The standard InChI is InChI=1S/C16H18ClN3O2/c1-21-12-4-6-13(7-5-12)22-9-8-18-15-10-14(17)19-16(20-15)11-2-3-11/h4-7,10-11H,2-3,8-9H2,1H3,(H,18,19,20). The number of nitrogens with one attached hydrogen (secondary N) is 1. The van der Waals surface area contributed by atoms with Crippen LogP contribution >= 0.6 is 11.6 Å². The SMILES string of the molecule is COc1ccc(OCCNc2cc(Cl)nc(C3CC3)n2)cc1. The van der Waals surface area contributed by atoms with Gasteiger partial charge in [0.1, 0.15) is 34.9 Å². The van der Waals surface area contributed by atoms with E-state index in [1.54, 1.807) is 13.2 Å². The quantitative estimate of drug-likeness (QED) is 0.625. The summed E-state index contributed by atoms with van der Waals surface area (Å²) >= 11 is 6.02. The number of methoxy groups -OCH3 is 1. The normalized spacial score (nSPS) is 13.7. The van der Waals surface area contributed by atoms with Crippen LogP contribution in [0.1, 0.15) is 24.6 Å². The molecular weight excluding hydrogens is 302 g/mol. The monoisotopic (exact) mass is 319 g/mol. The lowest BCUT2D eigenvalue weighted by Gasteiger charge is -2.09. The van der Waals surface area contributed by atoms with Crippen molar-refractivity contribution < 1.29 is 9.47 Å². The van der Waals surface area contributed by atoms with Crippen molar-refractivity contribution in [2.45, 2.75) is 18.8 Å². The van der Waals surface area contributed by atoms with Gasteiger partial charge in [-0.05, 0) is 37.1 Å². The number of rotatable bonds is 7. The van der Waals surface area contributed by atoms with Gasteiger partial charge >= 0.3 is 0 Å². The molecule has 1 heterocycles. The summed E-state index contributed by atoms with van der Waals surface area (Å²) in [6.07, 6.45) is 2.31. The van der Waals surface area contributed by atoms with Crippen molar-refractivity contribution in [2.24, 2.45) is 0 Å². The fourth-order valence-electron chi connectivity index (χ4n) is 2.07. The van der Waals surface area contributed by atoms with Crippen LogP contribution in [0.4, 0.5) is 5.82 Å². The first-order valence-electron chi connectivity index (χ1n) is 7.30. The number of hydrogen-bond acceptors (Lipinski definition) is 5. The lowest BCUT2D eigenvalue weighted by molar-refractivity contribution is 0.331. The third-order valence-corrected chi connectivity index (χ3v) is 3.58. The van der Waals surface area contributed by atoms with Gasteiger partial charge in [0.15, 0.2) is 0 Å². The highest BCUT2D eigenvalue weighted by molar-refractivity contribution is 6.29. The average molecular weight is 320 g/mol. The molecule has 1 N–H and O–H groups in total. The van der Waals surface area contributed by atoms with Crippen LogP contribution in [0.25, 0.3) is 0 Å². The molecule has 1 aromatic heterocycles. The Balaban J connectivity index is 1.48. The van der Waals surface area contributed by atoms with Crippen molar-refractivity contribution in [3.8, 4) is 11.5 Å². The maximum absolute atomic E-state index is 6.02. The van der Waals surface area contributed by atoms with Gasteiger partial charge in [0, 0.05) is 12.0 Å². The van der Waals surface area contributed by atoms with E-state index in [0.717, 1.165) is 36.0 Å². The third-order valence-electron chi connectivity index (χ3n) is 3.39. The Morgan fingerprint density at radius 2 is 1.91 bits per heavy atom. The van der Waals surface area contributed by atoms with E-state index in [9.17, 15) is 0 Å². The van der Waals surface area contributed by atoms with E-state index in [-0.39, 0.29) is 0 Å². The highest BCUT2D eigenvalue weighted by atomic mass is 35.5. The second kappa shape index (κ2) is 6.83. The minimum absolute atomic E-state index is 0.481. The molecular formula is C16H18ClN3O2. The molecule has 1 aliphatic carbocycles. The van der Waals surface area contributed by atoms with Crippen LogP contribution in [0.2, 0.25) is 5.15 Å². The Morgan fingerprint density at radius 1 is 1.18 bits per heavy atom. The highest BCUT2D eigenvalue weighted by Gasteiger charge is 2.27. The number of aromatic nitrogens is 2. The smallest absolute Gasteiger partial charge is 0.135 e. The van der Waals surface area contributed by atoms with E-state index >= 15 is 0 Å². The molecule has 2 aromatic rings. The van der Waals surface area contributed by atoms with Gasteiger partial charge in [-0.2, -0.15) is 0 Å². The van der Waals surface area contributed by atoms with Crippen LogP contribution < -0.4 is 14.8 Å². The number of anilines is 1. The molecule has 3 rings (SSSR count). The molecule has 1 fully saturated rings. The Morgan fingerprint density at radius 3 is 2.59 bits per heavy atom. The molecule has 6 heteroatoms. The van der Waals surface area contributed by atoms with E-state index < -0.39 is 0 Å². The van der Waals surface area contributed by atoms with Gasteiger partial charge in [0.25, 0.3) is 0 Å². The minimum Gasteiger partial charge on any atom is -0.497 e. The summed E-state index contributed by atoms with van der Waals surface area (Å²) in [5.74, 6) is 3.69. The average Bonchev–Trinajstić information content (AvgIpc) is 3.36. The molecule has 5 nitrogen and oxygen atoms in total. The second-order valence-corrected chi connectivity index (χ2v) is 5.55. The first kappa shape index (κ1) is 14.9. The number of benzene rings is 1. The van der Waals surface area contributed by atoms with E-state index in [1.165, 1.54) is 0 Å². The number of hydrogen-bond donors (Lipinski definition) is 1. The molecule has 0 bridgehead atoms. The topological polar surface area (TPSA) is 56.3 Å². The maximum atomic E-state index is 6.02. The predicted molar refractivity (Wildman–Crippen MR) is 86.0 cm³/mol. The lowest BCUT2D eigenvalue weighted by Crippen LogP contribution is -2.13. The number of nitrogens with zero attached hydrogens (tertiary/aromatic N) is 2. The van der Waals surface area contributed by atoms with E-state index in [0.29, 0.717) is 24.2 Å². The van der Waals surface area contributed by atoms with Crippen LogP contribution in [0.3, 0.4) is 0 Å². The summed E-state index contributed by atoms with van der Waals surface area (Å²) in [4.78, 5) is 8.74. The number of halogens is 1. The van der Waals surface area contributed by atoms with Gasteiger partial charge < -0.3 is 14.8 Å². The van der Waals surface area contributed by atoms with Crippen molar-refractivity contribution in [2.75, 3.05) is 25.6 Å². The van der Waals surface area contributed by atoms with Crippen molar-refractivity contribution in [1.82, 2.24) is 9.97 Å². The minimum atomic E-state index is 0.481. The zero-order chi connectivity index (χ0) is 15.4.